The predicted molar refractivity (Wildman–Crippen MR) is 70.8 cm³/mol. The summed E-state index contributed by atoms with van der Waals surface area (Å²) in [6.07, 6.45) is 0. The monoisotopic (exact) mass is 283 g/mol. The maximum absolute atomic E-state index is 13.2. The molecule has 0 fully saturated rings. The number of nitrogens with one attached hydrogen (secondary N) is 1. The first-order valence-electron chi connectivity index (χ1n) is 5.09. The molecular weight excluding hydrogens is 276 g/mol. The van der Waals surface area contributed by atoms with Gasteiger partial charge in [-0.2, -0.15) is 0 Å². The Morgan fingerprint density at radius 3 is 2.17 bits per heavy atom. The Labute approximate surface area is 113 Å². The van der Waals surface area contributed by atoms with Crippen LogP contribution in [-0.4, -0.2) is 5.91 Å². The molecule has 0 atom stereocenters. The Kier molecular flexibility index (Phi) is 3.84. The van der Waals surface area contributed by atoms with Crippen molar-refractivity contribution in [2.75, 3.05) is 5.32 Å². The van der Waals surface area contributed by atoms with Crippen LogP contribution in [0, 0.1) is 5.82 Å². The fraction of sp³-hybridized carbons (Fsp3) is 0. The fourth-order valence-corrected chi connectivity index (χ4v) is 1.91. The van der Waals surface area contributed by atoms with Crippen LogP contribution >= 0.6 is 23.2 Å². The normalized spacial score (nSPS) is 10.2. The van der Waals surface area contributed by atoms with Gasteiger partial charge in [0.05, 0.1) is 10.0 Å². The molecule has 2 nitrogen and oxygen atoms in total. The number of carbonyl (C=O) groups excluding carboxylic acids is 1. The van der Waals surface area contributed by atoms with Crippen LogP contribution in [0.4, 0.5) is 10.1 Å². The second-order valence-electron chi connectivity index (χ2n) is 3.57. The van der Waals surface area contributed by atoms with E-state index in [1.807, 2.05) is 6.07 Å². The number of amides is 1. The van der Waals surface area contributed by atoms with Gasteiger partial charge in [0, 0.05) is 11.3 Å². The summed E-state index contributed by atoms with van der Waals surface area (Å²) in [5, 5.41) is 2.33. The highest BCUT2D eigenvalue weighted by atomic mass is 35.5. The quantitative estimate of drug-likeness (QED) is 0.814. The predicted octanol–water partition coefficient (Wildman–Crippen LogP) is 4.38. The minimum absolute atomic E-state index is 0.133. The van der Waals surface area contributed by atoms with Crippen LogP contribution in [0.2, 0.25) is 10.0 Å². The average Bonchev–Trinajstić information content (AvgIpc) is 2.37. The van der Waals surface area contributed by atoms with E-state index in [2.05, 4.69) is 5.32 Å². The summed E-state index contributed by atoms with van der Waals surface area (Å²) in [7, 11) is 0. The number of halogens is 3. The molecule has 2 aromatic carbocycles. The molecule has 0 aliphatic heterocycles. The number of hydrogen-bond acceptors (Lipinski definition) is 1. The third kappa shape index (κ3) is 2.81. The molecule has 5 heteroatoms. The maximum Gasteiger partial charge on any atom is 0.255 e. The van der Waals surface area contributed by atoms with Crippen LogP contribution in [0.3, 0.4) is 0 Å². The summed E-state index contributed by atoms with van der Waals surface area (Å²) in [4.78, 5) is 11.8. The van der Waals surface area contributed by atoms with Gasteiger partial charge in [-0.25, -0.2) is 4.39 Å². The summed E-state index contributed by atoms with van der Waals surface area (Å²) in [6, 6.07) is 11.3. The molecule has 0 aromatic heterocycles. The molecule has 2 aromatic rings. The van der Waals surface area contributed by atoms with Gasteiger partial charge in [0.25, 0.3) is 5.91 Å². The van der Waals surface area contributed by atoms with E-state index in [9.17, 15) is 9.18 Å². The molecule has 0 bridgehead atoms. The zero-order valence-corrected chi connectivity index (χ0v) is 10.6. The van der Waals surface area contributed by atoms with E-state index in [-0.39, 0.29) is 16.0 Å². The largest absolute Gasteiger partial charge is 0.322 e. The van der Waals surface area contributed by atoms with Gasteiger partial charge in [-0.05, 0) is 24.3 Å². The van der Waals surface area contributed by atoms with Crippen molar-refractivity contribution in [3.63, 3.8) is 0 Å². The van der Waals surface area contributed by atoms with E-state index in [0.717, 1.165) is 0 Å². The highest BCUT2D eigenvalue weighted by molar-refractivity contribution is 6.35. The number of anilines is 1. The van der Waals surface area contributed by atoms with Crippen LogP contribution in [-0.2, 0) is 0 Å². The van der Waals surface area contributed by atoms with Crippen LogP contribution in [0.15, 0.2) is 42.5 Å². The van der Waals surface area contributed by atoms with E-state index in [0.29, 0.717) is 11.3 Å². The lowest BCUT2D eigenvalue weighted by Gasteiger charge is -2.07. The van der Waals surface area contributed by atoms with Gasteiger partial charge in [0.2, 0.25) is 0 Å². The second kappa shape index (κ2) is 5.38. The molecule has 0 aliphatic carbocycles. The van der Waals surface area contributed by atoms with Crippen LogP contribution in [0.5, 0.6) is 0 Å². The molecule has 0 heterocycles. The molecule has 0 radical (unpaired) electrons. The van der Waals surface area contributed by atoms with Gasteiger partial charge in [-0.3, -0.25) is 4.79 Å². The van der Waals surface area contributed by atoms with E-state index in [1.54, 1.807) is 24.3 Å². The zero-order valence-electron chi connectivity index (χ0n) is 9.08. The number of carbonyl (C=O) groups is 1. The van der Waals surface area contributed by atoms with E-state index in [1.165, 1.54) is 12.1 Å². The molecule has 2 rings (SSSR count). The van der Waals surface area contributed by atoms with Gasteiger partial charge in [0.15, 0.2) is 5.82 Å². The smallest absolute Gasteiger partial charge is 0.255 e. The average molecular weight is 284 g/mol. The number of benzene rings is 2. The van der Waals surface area contributed by atoms with Crippen molar-refractivity contribution in [3.05, 3.63) is 63.9 Å². The summed E-state index contributed by atoms with van der Waals surface area (Å²) >= 11 is 11.3. The summed E-state index contributed by atoms with van der Waals surface area (Å²) in [5.41, 5.74) is 0.842. The summed E-state index contributed by atoms with van der Waals surface area (Å²) in [6.45, 7) is 0. The van der Waals surface area contributed by atoms with Crippen molar-refractivity contribution in [2.24, 2.45) is 0 Å². The molecule has 92 valence electrons. The van der Waals surface area contributed by atoms with Crippen LogP contribution in [0.1, 0.15) is 10.4 Å². The number of rotatable bonds is 2. The zero-order chi connectivity index (χ0) is 13.1. The van der Waals surface area contributed by atoms with E-state index < -0.39 is 5.82 Å². The van der Waals surface area contributed by atoms with Gasteiger partial charge < -0.3 is 5.32 Å². The first-order chi connectivity index (χ1) is 8.58. The van der Waals surface area contributed by atoms with Crippen molar-refractivity contribution in [2.45, 2.75) is 0 Å². The molecule has 1 amide bonds. The van der Waals surface area contributed by atoms with E-state index >= 15 is 0 Å². The minimum atomic E-state index is -0.698. The third-order valence-corrected chi connectivity index (χ3v) is 2.83. The highest BCUT2D eigenvalue weighted by Crippen LogP contribution is 2.27. The van der Waals surface area contributed by atoms with Crippen molar-refractivity contribution in [1.82, 2.24) is 0 Å². The SMILES string of the molecule is O=C(Nc1cc(Cl)c(F)c(Cl)c1)c1ccccc1. The molecule has 0 unspecified atom stereocenters. The van der Waals surface area contributed by atoms with E-state index in [4.69, 9.17) is 23.2 Å². The molecule has 1 N–H and O–H groups in total. The highest BCUT2D eigenvalue weighted by Gasteiger charge is 2.10. The van der Waals surface area contributed by atoms with Crippen molar-refractivity contribution in [3.8, 4) is 0 Å². The van der Waals surface area contributed by atoms with Crippen molar-refractivity contribution < 1.29 is 9.18 Å². The van der Waals surface area contributed by atoms with Crippen LogP contribution in [0.25, 0.3) is 0 Å². The Balaban J connectivity index is 2.23. The first kappa shape index (κ1) is 12.9. The fourth-order valence-electron chi connectivity index (χ4n) is 1.42. The maximum atomic E-state index is 13.2. The van der Waals surface area contributed by atoms with Crippen LogP contribution < -0.4 is 5.32 Å². The Hall–Kier alpha value is -1.58. The molecule has 0 aliphatic rings. The van der Waals surface area contributed by atoms with Gasteiger partial charge in [-0.15, -0.1) is 0 Å². The van der Waals surface area contributed by atoms with Gasteiger partial charge >= 0.3 is 0 Å². The molecular formula is C13H8Cl2FNO. The van der Waals surface area contributed by atoms with Crippen molar-refractivity contribution >= 4 is 34.8 Å². The lowest BCUT2D eigenvalue weighted by Crippen LogP contribution is -2.11. The summed E-state index contributed by atoms with van der Waals surface area (Å²) < 4.78 is 13.2. The van der Waals surface area contributed by atoms with Gasteiger partial charge in [-0.1, -0.05) is 41.4 Å². The molecule has 0 saturated carbocycles. The summed E-state index contributed by atoms with van der Waals surface area (Å²) in [5.74, 6) is -1.01. The molecule has 0 saturated heterocycles. The third-order valence-electron chi connectivity index (χ3n) is 2.28. The number of hydrogen-bond donors (Lipinski definition) is 1. The standard InChI is InChI=1S/C13H8Cl2FNO/c14-10-6-9(7-11(15)12(10)16)17-13(18)8-4-2-1-3-5-8/h1-7H,(H,17,18). The Morgan fingerprint density at radius 1 is 1.06 bits per heavy atom. The minimum Gasteiger partial charge on any atom is -0.322 e. The Bertz CT molecular complexity index is 564. The Morgan fingerprint density at radius 2 is 1.61 bits per heavy atom. The van der Waals surface area contributed by atoms with Crippen molar-refractivity contribution in [1.29, 1.82) is 0 Å². The second-order valence-corrected chi connectivity index (χ2v) is 4.39. The first-order valence-corrected chi connectivity index (χ1v) is 5.84. The topological polar surface area (TPSA) is 29.1 Å². The molecule has 0 spiro atoms. The lowest BCUT2D eigenvalue weighted by atomic mass is 10.2. The molecule has 18 heavy (non-hydrogen) atoms. The van der Waals surface area contributed by atoms with Gasteiger partial charge in [0.1, 0.15) is 0 Å². The lowest BCUT2D eigenvalue weighted by molar-refractivity contribution is 0.102.